The molecule has 0 radical (unpaired) electrons. The lowest BCUT2D eigenvalue weighted by Crippen LogP contribution is -2.28. The van der Waals surface area contributed by atoms with E-state index in [1.165, 1.54) is 6.92 Å². The summed E-state index contributed by atoms with van der Waals surface area (Å²) in [6.07, 6.45) is -3.87. The van der Waals surface area contributed by atoms with Crippen LogP contribution in [0.4, 0.5) is 8.78 Å². The maximum atomic E-state index is 12.2. The van der Waals surface area contributed by atoms with Gasteiger partial charge in [-0.1, -0.05) is 5.16 Å². The highest BCUT2D eigenvalue weighted by molar-refractivity contribution is 5.82. The van der Waals surface area contributed by atoms with Crippen LogP contribution in [0.2, 0.25) is 0 Å². The maximum absolute atomic E-state index is 12.2. The van der Waals surface area contributed by atoms with Gasteiger partial charge in [0.15, 0.2) is 0 Å². The average molecular weight is 166 g/mol. The van der Waals surface area contributed by atoms with E-state index >= 15 is 0 Å². The van der Waals surface area contributed by atoms with Gasteiger partial charge in [-0.05, 0) is 6.92 Å². The van der Waals surface area contributed by atoms with Gasteiger partial charge < -0.3 is 10.6 Å². The Kier molecular flexibility index (Phi) is 2.91. The molecule has 0 saturated heterocycles. The predicted octanol–water partition coefficient (Wildman–Crippen LogP) is 0.477. The molecule has 0 rings (SSSR count). The number of nitrogens with two attached hydrogens (primary N) is 1. The molecule has 0 amide bonds. The highest BCUT2D eigenvalue weighted by Gasteiger charge is 2.38. The third kappa shape index (κ3) is 3.49. The predicted molar refractivity (Wildman–Crippen MR) is 34.0 cm³/mol. The van der Waals surface area contributed by atoms with Gasteiger partial charge in [0.1, 0.15) is 5.84 Å². The number of alkyl halides is 2. The number of halogens is 2. The van der Waals surface area contributed by atoms with Crippen LogP contribution >= 0.6 is 0 Å². The Morgan fingerprint density at radius 3 is 2.27 bits per heavy atom. The van der Waals surface area contributed by atoms with E-state index < -0.39 is 11.9 Å². The molecule has 0 atom stereocenters. The molecule has 0 heterocycles. The molecule has 11 heavy (non-hydrogen) atoms. The van der Waals surface area contributed by atoms with E-state index in [1.807, 2.05) is 0 Å². The van der Waals surface area contributed by atoms with Crippen molar-refractivity contribution in [1.82, 2.24) is 0 Å². The fraction of sp³-hybridized carbons (Fsp3) is 0.600. The largest absolute Gasteiger partial charge is 0.480 e. The van der Waals surface area contributed by atoms with Gasteiger partial charge in [-0.25, -0.2) is 0 Å². The number of Topliss-reactive ketones (excluding diaryl/α,β-unsaturated/α-hetero) is 1. The van der Waals surface area contributed by atoms with E-state index in [-0.39, 0.29) is 5.84 Å². The standard InChI is InChI=1S/C5H8F2N2O2/c1-3(10)5(6,7)11-9-4(2)8/h1-2H3,(H2,8,9). The second-order valence-corrected chi connectivity index (χ2v) is 1.90. The minimum atomic E-state index is -3.87. The molecule has 0 spiro atoms. The molecule has 0 aliphatic rings. The van der Waals surface area contributed by atoms with Crippen LogP contribution in [0.3, 0.4) is 0 Å². The Bertz CT molecular complexity index is 187. The summed E-state index contributed by atoms with van der Waals surface area (Å²) in [7, 11) is 0. The zero-order chi connectivity index (χ0) is 9.07. The zero-order valence-electron chi connectivity index (χ0n) is 6.10. The number of carbonyl (C=O) groups excluding carboxylic acids is 1. The van der Waals surface area contributed by atoms with Crippen molar-refractivity contribution < 1.29 is 18.4 Å². The van der Waals surface area contributed by atoms with Crippen LogP contribution < -0.4 is 5.73 Å². The highest BCUT2D eigenvalue weighted by Crippen LogP contribution is 2.16. The number of amidine groups is 1. The first-order valence-electron chi connectivity index (χ1n) is 2.73. The Balaban J connectivity index is 4.14. The van der Waals surface area contributed by atoms with Crippen LogP contribution in [-0.4, -0.2) is 17.7 Å². The first-order valence-corrected chi connectivity index (χ1v) is 2.73. The number of rotatable bonds is 3. The zero-order valence-corrected chi connectivity index (χ0v) is 6.10. The van der Waals surface area contributed by atoms with Crippen LogP contribution in [-0.2, 0) is 9.63 Å². The van der Waals surface area contributed by atoms with Gasteiger partial charge in [-0.15, -0.1) is 0 Å². The summed E-state index contributed by atoms with van der Waals surface area (Å²) in [5.41, 5.74) is 4.88. The van der Waals surface area contributed by atoms with Crippen molar-refractivity contribution in [3.05, 3.63) is 0 Å². The second kappa shape index (κ2) is 3.27. The van der Waals surface area contributed by atoms with E-state index in [0.717, 1.165) is 0 Å². The second-order valence-electron chi connectivity index (χ2n) is 1.90. The van der Waals surface area contributed by atoms with Crippen molar-refractivity contribution in [2.24, 2.45) is 10.9 Å². The minimum Gasteiger partial charge on any atom is -0.385 e. The summed E-state index contributed by atoms with van der Waals surface area (Å²) >= 11 is 0. The molecule has 0 aliphatic carbocycles. The van der Waals surface area contributed by atoms with E-state index in [1.54, 1.807) is 0 Å². The number of nitrogens with zero attached hydrogens (tertiary/aromatic N) is 1. The van der Waals surface area contributed by atoms with Crippen LogP contribution in [0, 0.1) is 0 Å². The fourth-order valence-electron chi connectivity index (χ4n) is 0.194. The Labute approximate surface area is 62.0 Å². The van der Waals surface area contributed by atoms with Crippen molar-refractivity contribution in [2.75, 3.05) is 0 Å². The quantitative estimate of drug-likeness (QED) is 0.376. The molecular weight excluding hydrogens is 158 g/mol. The Morgan fingerprint density at radius 1 is 1.55 bits per heavy atom. The van der Waals surface area contributed by atoms with Crippen molar-refractivity contribution in [1.29, 1.82) is 0 Å². The molecular formula is C5H8F2N2O2. The molecule has 0 aliphatic heterocycles. The monoisotopic (exact) mass is 166 g/mol. The third-order valence-corrected chi connectivity index (χ3v) is 0.714. The summed E-state index contributed by atoms with van der Waals surface area (Å²) < 4.78 is 24.3. The maximum Gasteiger partial charge on any atom is 0.480 e. The molecule has 6 heteroatoms. The molecule has 0 unspecified atom stereocenters. The molecule has 2 N–H and O–H groups in total. The normalized spacial score (nSPS) is 12.9. The Hall–Kier alpha value is -1.20. The summed E-state index contributed by atoms with van der Waals surface area (Å²) in [6.45, 7) is 1.96. The van der Waals surface area contributed by atoms with Gasteiger partial charge in [0.05, 0.1) is 0 Å². The van der Waals surface area contributed by atoms with E-state index in [9.17, 15) is 13.6 Å². The summed E-state index contributed by atoms with van der Waals surface area (Å²) in [4.78, 5) is 13.6. The van der Waals surface area contributed by atoms with Crippen molar-refractivity contribution in [2.45, 2.75) is 20.0 Å². The van der Waals surface area contributed by atoms with Gasteiger partial charge in [-0.2, -0.15) is 8.78 Å². The van der Waals surface area contributed by atoms with Gasteiger partial charge in [0, 0.05) is 6.92 Å². The van der Waals surface area contributed by atoms with E-state index in [4.69, 9.17) is 5.73 Å². The Morgan fingerprint density at radius 2 is 2.00 bits per heavy atom. The number of ketones is 1. The highest BCUT2D eigenvalue weighted by atomic mass is 19.3. The number of carbonyl (C=O) groups is 1. The van der Waals surface area contributed by atoms with Gasteiger partial charge in [-0.3, -0.25) is 4.79 Å². The smallest absolute Gasteiger partial charge is 0.385 e. The minimum absolute atomic E-state index is 0.175. The summed E-state index contributed by atoms with van der Waals surface area (Å²) in [6, 6.07) is 0. The fourth-order valence-corrected chi connectivity index (χ4v) is 0.194. The van der Waals surface area contributed by atoms with Gasteiger partial charge >= 0.3 is 6.11 Å². The lowest BCUT2D eigenvalue weighted by atomic mass is 10.4. The van der Waals surface area contributed by atoms with Gasteiger partial charge in [0.2, 0.25) is 5.78 Å². The average Bonchev–Trinajstić information content (AvgIpc) is 1.84. The first-order chi connectivity index (χ1) is 4.86. The molecule has 0 aromatic rings. The SMILES string of the molecule is CC(=O)C(F)(F)ON=C(C)N. The molecule has 64 valence electrons. The van der Waals surface area contributed by atoms with Crippen LogP contribution in [0.15, 0.2) is 5.16 Å². The molecule has 0 bridgehead atoms. The number of hydrogen-bond donors (Lipinski definition) is 1. The third-order valence-electron chi connectivity index (χ3n) is 0.714. The molecule has 0 saturated carbocycles. The van der Waals surface area contributed by atoms with Gasteiger partial charge in [0.25, 0.3) is 0 Å². The summed E-state index contributed by atoms with van der Waals surface area (Å²) in [5.74, 6) is -1.59. The molecule has 4 nitrogen and oxygen atoms in total. The van der Waals surface area contributed by atoms with Crippen molar-refractivity contribution in [3.8, 4) is 0 Å². The first kappa shape index (κ1) is 9.80. The lowest BCUT2D eigenvalue weighted by molar-refractivity contribution is -0.227. The molecule has 0 aromatic heterocycles. The van der Waals surface area contributed by atoms with E-state index in [0.29, 0.717) is 6.92 Å². The summed E-state index contributed by atoms with van der Waals surface area (Å²) in [5, 5.41) is 2.74. The van der Waals surface area contributed by atoms with E-state index in [2.05, 4.69) is 9.99 Å². The van der Waals surface area contributed by atoms with Crippen LogP contribution in [0.25, 0.3) is 0 Å². The van der Waals surface area contributed by atoms with Crippen molar-refractivity contribution >= 4 is 11.6 Å². The number of hydrogen-bond acceptors (Lipinski definition) is 3. The molecule has 0 fully saturated rings. The van der Waals surface area contributed by atoms with Crippen molar-refractivity contribution in [3.63, 3.8) is 0 Å². The van der Waals surface area contributed by atoms with Crippen LogP contribution in [0.1, 0.15) is 13.8 Å². The molecule has 0 aromatic carbocycles. The lowest BCUT2D eigenvalue weighted by Gasteiger charge is -2.08. The van der Waals surface area contributed by atoms with Crippen LogP contribution in [0.5, 0.6) is 0 Å². The topological polar surface area (TPSA) is 64.7 Å². The number of oxime groups is 1.